The highest BCUT2D eigenvalue weighted by atomic mass is 16.1. The summed E-state index contributed by atoms with van der Waals surface area (Å²) in [5.41, 5.74) is 1.11. The van der Waals surface area contributed by atoms with Gasteiger partial charge < -0.3 is 0 Å². The monoisotopic (exact) mass is 182 g/mol. The molecule has 0 radical (unpaired) electrons. The molecule has 1 rings (SSSR count). The lowest BCUT2D eigenvalue weighted by Gasteiger charge is -2.15. The highest BCUT2D eigenvalue weighted by Gasteiger charge is 2.16. The molecule has 3 nitrogen and oxygen atoms in total. The predicted octanol–water partition coefficient (Wildman–Crippen LogP) is 1.88. The third-order valence-electron chi connectivity index (χ3n) is 2.04. The van der Waals surface area contributed by atoms with Crippen molar-refractivity contribution in [2.24, 2.45) is 0 Å². The third kappa shape index (κ3) is 2.23. The molecule has 0 aromatic carbocycles. The maximum Gasteiger partial charge on any atom is 0.266 e. The molecule has 0 atom stereocenters. The topological polar surface area (TPSA) is 37.8 Å². The first kappa shape index (κ1) is 10.1. The van der Waals surface area contributed by atoms with Gasteiger partial charge in [-0.3, -0.25) is 14.6 Å². The van der Waals surface area contributed by atoms with E-state index in [1.807, 2.05) is 0 Å². The van der Waals surface area contributed by atoms with Gasteiger partial charge in [0, 0.05) is 23.7 Å². The molecule has 1 aromatic heterocycles. The second kappa shape index (κ2) is 3.40. The zero-order valence-corrected chi connectivity index (χ0v) is 8.85. The Morgan fingerprint density at radius 1 is 1.46 bits per heavy atom. The van der Waals surface area contributed by atoms with E-state index in [1.165, 1.54) is 0 Å². The van der Waals surface area contributed by atoms with Gasteiger partial charge in [-0.05, 0) is 6.42 Å². The third-order valence-corrected chi connectivity index (χ3v) is 2.04. The van der Waals surface area contributed by atoms with Gasteiger partial charge in [0.2, 0.25) is 0 Å². The molecule has 13 heavy (non-hydrogen) atoms. The minimum absolute atomic E-state index is 0.0259. The van der Waals surface area contributed by atoms with E-state index in [1.54, 1.807) is 10.7 Å². The summed E-state index contributed by atoms with van der Waals surface area (Å²) in [5, 5.41) is 3.13. The minimum atomic E-state index is 0.0259. The summed E-state index contributed by atoms with van der Waals surface area (Å²) in [6.07, 6.45) is 0.976. The van der Waals surface area contributed by atoms with Gasteiger partial charge in [0.25, 0.3) is 5.56 Å². The number of nitrogens with zero attached hydrogens (tertiary/aromatic N) is 1. The van der Waals surface area contributed by atoms with E-state index in [0.717, 1.165) is 18.7 Å². The van der Waals surface area contributed by atoms with Crippen molar-refractivity contribution in [2.75, 3.05) is 0 Å². The standard InChI is InChI=1S/C10H18N2O/c1-5-6-12-9(13)7-8(11-12)10(2,3)4/h7,11H,5-6H2,1-4H3. The fraction of sp³-hybridized carbons (Fsp3) is 0.700. The first-order valence-corrected chi connectivity index (χ1v) is 4.75. The van der Waals surface area contributed by atoms with Gasteiger partial charge in [0.05, 0.1) is 0 Å². The number of H-pyrrole nitrogens is 1. The molecule has 0 saturated heterocycles. The highest BCUT2D eigenvalue weighted by molar-refractivity contribution is 5.10. The molecule has 0 spiro atoms. The van der Waals surface area contributed by atoms with Gasteiger partial charge in [-0.2, -0.15) is 0 Å². The summed E-state index contributed by atoms with van der Waals surface area (Å²) >= 11 is 0. The molecule has 1 N–H and O–H groups in total. The van der Waals surface area contributed by atoms with E-state index in [0.29, 0.717) is 0 Å². The van der Waals surface area contributed by atoms with Gasteiger partial charge in [0.1, 0.15) is 0 Å². The molecule has 0 amide bonds. The SMILES string of the molecule is CCCn1[nH]c(C(C)(C)C)cc1=O. The van der Waals surface area contributed by atoms with Crippen LogP contribution in [-0.2, 0) is 12.0 Å². The van der Waals surface area contributed by atoms with Crippen molar-refractivity contribution >= 4 is 0 Å². The molecule has 0 aliphatic carbocycles. The zero-order chi connectivity index (χ0) is 10.1. The predicted molar refractivity (Wildman–Crippen MR) is 54.0 cm³/mol. The van der Waals surface area contributed by atoms with Crippen molar-refractivity contribution < 1.29 is 0 Å². The molecule has 0 fully saturated rings. The summed E-state index contributed by atoms with van der Waals surface area (Å²) in [7, 11) is 0. The van der Waals surface area contributed by atoms with E-state index in [-0.39, 0.29) is 11.0 Å². The Balaban J connectivity index is 3.02. The van der Waals surface area contributed by atoms with Gasteiger partial charge in [-0.25, -0.2) is 0 Å². The Morgan fingerprint density at radius 2 is 2.08 bits per heavy atom. The maximum atomic E-state index is 11.4. The number of rotatable bonds is 2. The van der Waals surface area contributed by atoms with Crippen LogP contribution in [0.4, 0.5) is 0 Å². The van der Waals surface area contributed by atoms with Gasteiger partial charge in [-0.1, -0.05) is 27.7 Å². The molecule has 0 aliphatic heterocycles. The van der Waals surface area contributed by atoms with Crippen LogP contribution < -0.4 is 5.56 Å². The number of nitrogens with one attached hydrogen (secondary N) is 1. The normalized spacial score (nSPS) is 12.0. The summed E-state index contributed by atoms with van der Waals surface area (Å²) in [6.45, 7) is 9.11. The fourth-order valence-corrected chi connectivity index (χ4v) is 1.21. The van der Waals surface area contributed by atoms with Crippen LogP contribution >= 0.6 is 0 Å². The van der Waals surface area contributed by atoms with Crippen LogP contribution in [0.1, 0.15) is 39.8 Å². The summed E-state index contributed by atoms with van der Waals surface area (Å²) in [5.74, 6) is 0. The second-order valence-electron chi connectivity index (χ2n) is 4.41. The molecule has 74 valence electrons. The number of hydrogen-bond acceptors (Lipinski definition) is 1. The van der Waals surface area contributed by atoms with E-state index in [2.05, 4.69) is 32.8 Å². The van der Waals surface area contributed by atoms with E-state index in [9.17, 15) is 4.79 Å². The minimum Gasteiger partial charge on any atom is -0.299 e. The average Bonchev–Trinajstić information content (AvgIpc) is 2.32. The molecular weight excluding hydrogens is 164 g/mol. The van der Waals surface area contributed by atoms with Crippen LogP contribution in [0.25, 0.3) is 0 Å². The largest absolute Gasteiger partial charge is 0.299 e. The average molecular weight is 182 g/mol. The Hall–Kier alpha value is -0.990. The summed E-state index contributed by atoms with van der Waals surface area (Å²) in [6, 6.07) is 1.69. The molecule has 1 aromatic rings. The first-order valence-electron chi connectivity index (χ1n) is 4.75. The molecular formula is C10H18N2O. The van der Waals surface area contributed by atoms with E-state index in [4.69, 9.17) is 0 Å². The maximum absolute atomic E-state index is 11.4. The molecule has 3 heteroatoms. The zero-order valence-electron chi connectivity index (χ0n) is 8.85. The highest BCUT2D eigenvalue weighted by Crippen LogP contribution is 2.17. The lowest BCUT2D eigenvalue weighted by molar-refractivity contribution is 0.523. The molecule has 0 saturated carbocycles. The van der Waals surface area contributed by atoms with E-state index < -0.39 is 0 Å². The van der Waals surface area contributed by atoms with Crippen LogP contribution in [0.15, 0.2) is 10.9 Å². The Labute approximate surface area is 78.8 Å². The van der Waals surface area contributed by atoms with Crippen LogP contribution in [-0.4, -0.2) is 9.78 Å². The van der Waals surface area contributed by atoms with Gasteiger partial charge >= 0.3 is 0 Å². The Morgan fingerprint density at radius 3 is 2.46 bits per heavy atom. The second-order valence-corrected chi connectivity index (χ2v) is 4.41. The lowest BCUT2D eigenvalue weighted by Crippen LogP contribution is -2.15. The Bertz CT molecular complexity index is 327. The smallest absolute Gasteiger partial charge is 0.266 e. The van der Waals surface area contributed by atoms with Crippen LogP contribution in [0.5, 0.6) is 0 Å². The summed E-state index contributed by atoms with van der Waals surface area (Å²) in [4.78, 5) is 11.4. The van der Waals surface area contributed by atoms with Crippen LogP contribution in [0.2, 0.25) is 0 Å². The Kier molecular flexibility index (Phi) is 2.64. The van der Waals surface area contributed by atoms with Crippen molar-refractivity contribution in [1.82, 2.24) is 9.78 Å². The molecule has 0 bridgehead atoms. The van der Waals surface area contributed by atoms with Crippen molar-refractivity contribution in [3.63, 3.8) is 0 Å². The van der Waals surface area contributed by atoms with E-state index >= 15 is 0 Å². The number of hydrogen-bond donors (Lipinski definition) is 1. The fourth-order valence-electron chi connectivity index (χ4n) is 1.21. The molecule has 1 heterocycles. The van der Waals surface area contributed by atoms with Crippen molar-refractivity contribution in [3.05, 3.63) is 22.1 Å². The van der Waals surface area contributed by atoms with Gasteiger partial charge in [0.15, 0.2) is 0 Å². The number of aryl methyl sites for hydroxylation is 1. The first-order chi connectivity index (χ1) is 5.95. The lowest BCUT2D eigenvalue weighted by atomic mass is 9.93. The quantitative estimate of drug-likeness (QED) is 0.745. The number of aromatic nitrogens is 2. The molecule has 0 aliphatic rings. The van der Waals surface area contributed by atoms with Crippen molar-refractivity contribution in [2.45, 2.75) is 46.1 Å². The van der Waals surface area contributed by atoms with Crippen LogP contribution in [0.3, 0.4) is 0 Å². The van der Waals surface area contributed by atoms with Crippen LogP contribution in [0, 0.1) is 0 Å². The van der Waals surface area contributed by atoms with Gasteiger partial charge in [-0.15, -0.1) is 0 Å². The summed E-state index contributed by atoms with van der Waals surface area (Å²) < 4.78 is 1.67. The number of aromatic amines is 1. The van der Waals surface area contributed by atoms with Crippen molar-refractivity contribution in [1.29, 1.82) is 0 Å². The molecule has 0 unspecified atom stereocenters. The van der Waals surface area contributed by atoms with Crippen molar-refractivity contribution in [3.8, 4) is 0 Å².